The van der Waals surface area contributed by atoms with Crippen LogP contribution in [0.1, 0.15) is 11.1 Å². The minimum Gasteiger partial charge on any atom is -0.369 e. The lowest BCUT2D eigenvalue weighted by Gasteiger charge is -2.12. The zero-order valence-corrected chi connectivity index (χ0v) is 15.4. The van der Waals surface area contributed by atoms with Crippen LogP contribution in [0.15, 0.2) is 34.9 Å². The molecule has 0 aliphatic rings. The molecule has 2 aromatic rings. The van der Waals surface area contributed by atoms with E-state index in [1.807, 2.05) is 0 Å². The molecule has 1 aromatic carbocycles. The summed E-state index contributed by atoms with van der Waals surface area (Å²) in [6.45, 7) is 0.205. The summed E-state index contributed by atoms with van der Waals surface area (Å²) in [5, 5.41) is 6.00. The van der Waals surface area contributed by atoms with Gasteiger partial charge in [0.2, 0.25) is 5.91 Å². The average Bonchev–Trinajstić information content (AvgIpc) is 2.55. The van der Waals surface area contributed by atoms with E-state index in [1.54, 1.807) is 18.3 Å². The van der Waals surface area contributed by atoms with Crippen LogP contribution in [0.3, 0.4) is 0 Å². The summed E-state index contributed by atoms with van der Waals surface area (Å²) in [6.07, 6.45) is 1.39. The highest BCUT2D eigenvalue weighted by Gasteiger charge is 2.15. The number of pyridine rings is 1. The number of nitrogens with one attached hydrogen (secondary N) is 2. The molecule has 0 aliphatic carbocycles. The Kier molecular flexibility index (Phi) is 6.77. The molecule has 1 aromatic heterocycles. The lowest BCUT2D eigenvalue weighted by atomic mass is 10.0. The number of carbonyl (C=O) groups excluding carboxylic acids is 1. The Bertz CT molecular complexity index is 786. The molecule has 0 spiro atoms. The lowest BCUT2D eigenvalue weighted by Crippen LogP contribution is -2.30. The predicted octanol–water partition coefficient (Wildman–Crippen LogP) is 2.68. The van der Waals surface area contributed by atoms with Gasteiger partial charge in [0, 0.05) is 22.8 Å². The number of amides is 1. The summed E-state index contributed by atoms with van der Waals surface area (Å²) < 4.78 is 28.9. The number of rotatable bonds is 6. The second kappa shape index (κ2) is 8.82. The van der Waals surface area contributed by atoms with Crippen molar-refractivity contribution in [3.05, 3.63) is 57.7 Å². The fourth-order valence-corrected chi connectivity index (χ4v) is 2.55. The molecule has 132 valence electrons. The number of anilines is 1. The summed E-state index contributed by atoms with van der Waals surface area (Å²) in [4.78, 5) is 15.0. The molecule has 9 heteroatoms. The molecule has 2 rings (SSSR count). The first-order valence-electron chi connectivity index (χ1n) is 7.27. The molecule has 0 bridgehead atoms. The molecule has 25 heavy (non-hydrogen) atoms. The first-order valence-corrected chi connectivity index (χ1v) is 8.47. The Balaban J connectivity index is 1.93. The van der Waals surface area contributed by atoms with Crippen LogP contribution < -0.4 is 16.4 Å². The first kappa shape index (κ1) is 19.2. The van der Waals surface area contributed by atoms with Crippen molar-refractivity contribution in [1.82, 2.24) is 10.3 Å². The molecule has 4 N–H and O–H groups in total. The number of nitrogens with zero attached hydrogens (tertiary/aromatic N) is 1. The fourth-order valence-electron chi connectivity index (χ4n) is 2.11. The van der Waals surface area contributed by atoms with E-state index in [1.165, 1.54) is 6.07 Å². The van der Waals surface area contributed by atoms with E-state index in [0.717, 1.165) is 10.5 Å². The molecule has 1 heterocycles. The van der Waals surface area contributed by atoms with E-state index in [9.17, 15) is 13.6 Å². The number of thiocarbonyl (C=S) groups is 1. The molecule has 0 saturated carbocycles. The van der Waals surface area contributed by atoms with Gasteiger partial charge in [-0.2, -0.15) is 0 Å². The number of hydrogen-bond acceptors (Lipinski definition) is 3. The highest BCUT2D eigenvalue weighted by atomic mass is 79.9. The molecular weight excluding hydrogens is 414 g/mol. The van der Waals surface area contributed by atoms with Gasteiger partial charge < -0.3 is 16.4 Å². The monoisotopic (exact) mass is 428 g/mol. The fraction of sp³-hybridized carbons (Fsp3) is 0.188. The number of aromatic nitrogens is 1. The second-order valence-corrected chi connectivity index (χ2v) is 6.46. The quantitative estimate of drug-likeness (QED) is 0.616. The summed E-state index contributed by atoms with van der Waals surface area (Å²) >= 11 is 8.39. The molecule has 0 atom stereocenters. The molecule has 0 fully saturated rings. The van der Waals surface area contributed by atoms with Crippen molar-refractivity contribution in [3.8, 4) is 0 Å². The van der Waals surface area contributed by atoms with Crippen LogP contribution in [0, 0.1) is 11.6 Å². The van der Waals surface area contributed by atoms with E-state index >= 15 is 0 Å². The summed E-state index contributed by atoms with van der Waals surface area (Å²) in [5.74, 6) is -1.57. The van der Waals surface area contributed by atoms with Gasteiger partial charge >= 0.3 is 0 Å². The van der Waals surface area contributed by atoms with Gasteiger partial charge in [0.25, 0.3) is 0 Å². The van der Waals surface area contributed by atoms with Crippen LogP contribution in [0.5, 0.6) is 0 Å². The maximum atomic E-state index is 14.3. The number of nitrogens with two attached hydrogens (primary N) is 1. The maximum Gasteiger partial charge on any atom is 0.221 e. The zero-order valence-electron chi connectivity index (χ0n) is 13.0. The van der Waals surface area contributed by atoms with E-state index in [-0.39, 0.29) is 35.6 Å². The van der Waals surface area contributed by atoms with Crippen LogP contribution >= 0.6 is 28.1 Å². The van der Waals surface area contributed by atoms with Gasteiger partial charge in [0.05, 0.1) is 6.42 Å². The number of carbonyl (C=O) groups is 1. The Morgan fingerprint density at radius 3 is 2.68 bits per heavy atom. The van der Waals surface area contributed by atoms with Gasteiger partial charge in [0.1, 0.15) is 17.5 Å². The Labute approximate surface area is 157 Å². The minimum absolute atomic E-state index is 0.0554. The van der Waals surface area contributed by atoms with Crippen molar-refractivity contribution in [2.45, 2.75) is 12.8 Å². The van der Waals surface area contributed by atoms with Gasteiger partial charge in [0.15, 0.2) is 5.11 Å². The normalized spacial score (nSPS) is 10.4. The van der Waals surface area contributed by atoms with Gasteiger partial charge in [-0.05, 0) is 58.3 Å². The molecule has 1 amide bonds. The highest BCUT2D eigenvalue weighted by Crippen LogP contribution is 2.18. The SMILES string of the molecule is NC(=O)Cc1ccc(F)c(CCNC(=S)Nc2ccc(Br)cn2)c1F. The van der Waals surface area contributed by atoms with Crippen LogP contribution in [0.25, 0.3) is 0 Å². The Hall–Kier alpha value is -2.13. The first-order chi connectivity index (χ1) is 11.9. The third-order valence-corrected chi connectivity index (χ3v) is 3.98. The molecular formula is C16H15BrF2N4OS. The standard InChI is InChI=1S/C16H15BrF2N4OS/c17-10-2-4-14(22-8-10)23-16(25)21-6-5-11-12(18)3-1-9(15(11)19)7-13(20)24/h1-4,8H,5-7H2,(H2,20,24)(H2,21,22,23,25). The Morgan fingerprint density at radius 1 is 1.28 bits per heavy atom. The smallest absolute Gasteiger partial charge is 0.221 e. The highest BCUT2D eigenvalue weighted by molar-refractivity contribution is 9.10. The van der Waals surface area contributed by atoms with Crippen LogP contribution in [0.4, 0.5) is 14.6 Å². The third kappa shape index (κ3) is 5.71. The van der Waals surface area contributed by atoms with Crippen molar-refractivity contribution in [2.75, 3.05) is 11.9 Å². The predicted molar refractivity (Wildman–Crippen MR) is 99.1 cm³/mol. The number of primary amides is 1. The van der Waals surface area contributed by atoms with Gasteiger partial charge in [-0.25, -0.2) is 13.8 Å². The zero-order chi connectivity index (χ0) is 18.4. The number of hydrogen-bond donors (Lipinski definition) is 3. The van der Waals surface area contributed by atoms with Crippen LogP contribution in [-0.2, 0) is 17.6 Å². The van der Waals surface area contributed by atoms with Gasteiger partial charge in [-0.3, -0.25) is 4.79 Å². The minimum atomic E-state index is -0.756. The van der Waals surface area contributed by atoms with E-state index in [0.29, 0.717) is 5.82 Å². The van der Waals surface area contributed by atoms with E-state index in [4.69, 9.17) is 18.0 Å². The largest absolute Gasteiger partial charge is 0.369 e. The molecule has 0 unspecified atom stereocenters. The van der Waals surface area contributed by atoms with E-state index < -0.39 is 17.5 Å². The third-order valence-electron chi connectivity index (χ3n) is 3.26. The maximum absolute atomic E-state index is 14.3. The van der Waals surface area contributed by atoms with Crippen LogP contribution in [0.2, 0.25) is 0 Å². The second-order valence-electron chi connectivity index (χ2n) is 5.13. The van der Waals surface area contributed by atoms with E-state index in [2.05, 4.69) is 31.5 Å². The molecule has 0 radical (unpaired) electrons. The van der Waals surface area contributed by atoms with Crippen molar-refractivity contribution < 1.29 is 13.6 Å². The topological polar surface area (TPSA) is 80.0 Å². The molecule has 5 nitrogen and oxygen atoms in total. The molecule has 0 saturated heterocycles. The molecule has 0 aliphatic heterocycles. The Morgan fingerprint density at radius 2 is 2.04 bits per heavy atom. The van der Waals surface area contributed by atoms with Gasteiger partial charge in [-0.1, -0.05) is 6.07 Å². The number of benzene rings is 1. The van der Waals surface area contributed by atoms with Gasteiger partial charge in [-0.15, -0.1) is 0 Å². The summed E-state index contributed by atoms with van der Waals surface area (Å²) in [5.41, 5.74) is 5.02. The van der Waals surface area contributed by atoms with Crippen LogP contribution in [-0.4, -0.2) is 22.5 Å². The average molecular weight is 429 g/mol. The van der Waals surface area contributed by atoms with Crippen molar-refractivity contribution in [3.63, 3.8) is 0 Å². The lowest BCUT2D eigenvalue weighted by molar-refractivity contribution is -0.117. The van der Waals surface area contributed by atoms with Crippen molar-refractivity contribution in [1.29, 1.82) is 0 Å². The summed E-state index contributed by atoms with van der Waals surface area (Å²) in [6, 6.07) is 5.87. The number of halogens is 3. The van der Waals surface area contributed by atoms with Crippen molar-refractivity contribution in [2.24, 2.45) is 5.73 Å². The van der Waals surface area contributed by atoms with Crippen molar-refractivity contribution >= 4 is 45.0 Å². The summed E-state index contributed by atoms with van der Waals surface area (Å²) in [7, 11) is 0.